The first kappa shape index (κ1) is 13.1. The van der Waals surface area contributed by atoms with Crippen molar-refractivity contribution in [3.8, 4) is 0 Å². The third kappa shape index (κ3) is 2.71. The van der Waals surface area contributed by atoms with E-state index in [1.165, 1.54) is 12.8 Å². The molecular weight excluding hydrogens is 232 g/mol. The van der Waals surface area contributed by atoms with Gasteiger partial charge in [0.05, 0.1) is 5.41 Å². The summed E-state index contributed by atoms with van der Waals surface area (Å²) in [5.41, 5.74) is -0.774. The molecule has 1 heterocycles. The van der Waals surface area contributed by atoms with E-state index < -0.39 is 11.4 Å². The molecule has 1 fully saturated rings. The number of aliphatic carboxylic acids is 1. The lowest BCUT2D eigenvalue weighted by atomic mass is 9.79. The smallest absolute Gasteiger partial charge is 0.310 e. The highest BCUT2D eigenvalue weighted by Crippen LogP contribution is 2.33. The topological polar surface area (TPSA) is 76.2 Å². The van der Waals surface area contributed by atoms with Crippen LogP contribution in [0.1, 0.15) is 51.2 Å². The summed E-state index contributed by atoms with van der Waals surface area (Å²) in [4.78, 5) is 15.7. The lowest BCUT2D eigenvalue weighted by Crippen LogP contribution is -2.32. The molecule has 5 nitrogen and oxygen atoms in total. The third-order valence-electron chi connectivity index (χ3n) is 3.98. The summed E-state index contributed by atoms with van der Waals surface area (Å²) < 4.78 is 5.18. The van der Waals surface area contributed by atoms with Gasteiger partial charge in [-0.05, 0) is 31.6 Å². The lowest BCUT2D eigenvalue weighted by molar-refractivity contribution is -0.149. The maximum Gasteiger partial charge on any atom is 0.310 e. The predicted molar refractivity (Wildman–Crippen MR) is 65.1 cm³/mol. The second-order valence-electron chi connectivity index (χ2n) is 5.22. The highest BCUT2D eigenvalue weighted by atomic mass is 16.5. The molecule has 0 atom stereocenters. The Balaban J connectivity index is 2.05. The fourth-order valence-corrected chi connectivity index (χ4v) is 2.19. The number of carboxylic acid groups (broad SMARTS) is 1. The van der Waals surface area contributed by atoms with Crippen LogP contribution in [0, 0.1) is 11.3 Å². The molecule has 0 aliphatic heterocycles. The Hall–Kier alpha value is -1.39. The molecule has 1 aromatic heterocycles. The second kappa shape index (κ2) is 5.08. The van der Waals surface area contributed by atoms with Gasteiger partial charge in [0, 0.05) is 12.8 Å². The van der Waals surface area contributed by atoms with Crippen molar-refractivity contribution in [3.05, 3.63) is 11.7 Å². The van der Waals surface area contributed by atoms with Gasteiger partial charge >= 0.3 is 5.97 Å². The van der Waals surface area contributed by atoms with Crippen molar-refractivity contribution in [2.24, 2.45) is 11.3 Å². The molecule has 1 saturated carbocycles. The van der Waals surface area contributed by atoms with Crippen LogP contribution in [0.3, 0.4) is 0 Å². The fraction of sp³-hybridized carbons (Fsp3) is 0.769. The van der Waals surface area contributed by atoms with Gasteiger partial charge in [0.15, 0.2) is 5.82 Å². The van der Waals surface area contributed by atoms with Crippen LogP contribution < -0.4 is 0 Å². The van der Waals surface area contributed by atoms with Gasteiger partial charge in [0.1, 0.15) is 0 Å². The van der Waals surface area contributed by atoms with Gasteiger partial charge in [0.2, 0.25) is 5.89 Å². The molecule has 0 unspecified atom stereocenters. The van der Waals surface area contributed by atoms with Crippen LogP contribution in [-0.4, -0.2) is 21.2 Å². The first-order chi connectivity index (χ1) is 8.59. The normalized spacial score (nSPS) is 15.9. The summed E-state index contributed by atoms with van der Waals surface area (Å²) >= 11 is 0. The molecule has 0 saturated heterocycles. The molecule has 1 aliphatic carbocycles. The Bertz CT molecular complexity index is 420. The molecule has 0 radical (unpaired) electrons. The molecule has 1 aromatic rings. The molecule has 2 rings (SSSR count). The van der Waals surface area contributed by atoms with E-state index in [1.807, 2.05) is 13.8 Å². The van der Waals surface area contributed by atoms with Crippen LogP contribution >= 0.6 is 0 Å². The van der Waals surface area contributed by atoms with Crippen LogP contribution in [0.4, 0.5) is 0 Å². The van der Waals surface area contributed by atoms with Crippen molar-refractivity contribution >= 4 is 5.97 Å². The van der Waals surface area contributed by atoms with E-state index in [0.717, 1.165) is 12.2 Å². The minimum absolute atomic E-state index is 0.326. The fourth-order valence-electron chi connectivity index (χ4n) is 2.19. The van der Waals surface area contributed by atoms with Gasteiger partial charge in [0.25, 0.3) is 0 Å². The largest absolute Gasteiger partial charge is 0.481 e. The maximum absolute atomic E-state index is 11.4. The third-order valence-corrected chi connectivity index (χ3v) is 3.98. The van der Waals surface area contributed by atoms with Crippen molar-refractivity contribution in [3.63, 3.8) is 0 Å². The van der Waals surface area contributed by atoms with Crippen LogP contribution in [0.15, 0.2) is 4.52 Å². The monoisotopic (exact) mass is 252 g/mol. The van der Waals surface area contributed by atoms with Gasteiger partial charge in [-0.15, -0.1) is 0 Å². The van der Waals surface area contributed by atoms with Crippen LogP contribution in [0.2, 0.25) is 0 Å². The van der Waals surface area contributed by atoms with Gasteiger partial charge in [-0.1, -0.05) is 19.0 Å². The average Bonchev–Trinajstić information content (AvgIpc) is 3.05. The molecule has 18 heavy (non-hydrogen) atoms. The maximum atomic E-state index is 11.4. The van der Waals surface area contributed by atoms with E-state index >= 15 is 0 Å². The van der Waals surface area contributed by atoms with E-state index in [2.05, 4.69) is 10.1 Å². The Labute approximate surface area is 107 Å². The molecule has 0 bridgehead atoms. The number of rotatable bonds is 7. The number of nitrogens with zero attached hydrogens (tertiary/aromatic N) is 2. The minimum Gasteiger partial charge on any atom is -0.481 e. The van der Waals surface area contributed by atoms with E-state index in [9.17, 15) is 9.90 Å². The van der Waals surface area contributed by atoms with Crippen molar-refractivity contribution in [1.82, 2.24) is 10.1 Å². The molecule has 100 valence electrons. The zero-order valence-electron chi connectivity index (χ0n) is 11.0. The second-order valence-corrected chi connectivity index (χ2v) is 5.22. The number of hydrogen-bond donors (Lipinski definition) is 1. The number of hydrogen-bond acceptors (Lipinski definition) is 4. The molecule has 5 heteroatoms. The summed E-state index contributed by atoms with van der Waals surface area (Å²) in [6, 6.07) is 0. The zero-order chi connectivity index (χ0) is 13.2. The molecule has 1 aliphatic rings. The summed E-state index contributed by atoms with van der Waals surface area (Å²) in [6.45, 7) is 3.78. The zero-order valence-corrected chi connectivity index (χ0v) is 11.0. The number of aromatic nitrogens is 2. The molecule has 0 amide bonds. The van der Waals surface area contributed by atoms with E-state index in [4.69, 9.17) is 4.52 Å². The van der Waals surface area contributed by atoms with Gasteiger partial charge < -0.3 is 9.63 Å². The highest BCUT2D eigenvalue weighted by Gasteiger charge is 2.37. The van der Waals surface area contributed by atoms with Crippen LogP contribution in [0.5, 0.6) is 0 Å². The molecule has 0 spiro atoms. The molecular formula is C13H20N2O3. The average molecular weight is 252 g/mol. The van der Waals surface area contributed by atoms with Crippen LogP contribution in [-0.2, 0) is 17.6 Å². The predicted octanol–water partition coefficient (Wildman–Crippen LogP) is 2.46. The van der Waals surface area contributed by atoms with E-state index in [-0.39, 0.29) is 0 Å². The lowest BCUT2D eigenvalue weighted by Gasteiger charge is -2.24. The van der Waals surface area contributed by atoms with E-state index in [0.29, 0.717) is 31.1 Å². The van der Waals surface area contributed by atoms with Crippen molar-refractivity contribution in [2.75, 3.05) is 0 Å². The van der Waals surface area contributed by atoms with E-state index in [1.54, 1.807) is 0 Å². The highest BCUT2D eigenvalue weighted by molar-refractivity contribution is 5.74. The summed E-state index contributed by atoms with van der Waals surface area (Å²) in [5, 5.41) is 13.3. The summed E-state index contributed by atoms with van der Waals surface area (Å²) in [5.74, 6) is 1.10. The Morgan fingerprint density at radius 3 is 2.61 bits per heavy atom. The first-order valence-electron chi connectivity index (χ1n) is 6.64. The Morgan fingerprint density at radius 1 is 1.44 bits per heavy atom. The van der Waals surface area contributed by atoms with Gasteiger partial charge in [-0.3, -0.25) is 4.79 Å². The summed E-state index contributed by atoms with van der Waals surface area (Å²) in [7, 11) is 0. The number of carboxylic acids is 1. The SMILES string of the molecule is CCC(CC)(Cc1nc(CC2CC2)no1)C(=O)O. The Morgan fingerprint density at radius 2 is 2.11 bits per heavy atom. The number of carbonyl (C=O) groups is 1. The summed E-state index contributed by atoms with van der Waals surface area (Å²) in [6.07, 6.45) is 4.81. The quantitative estimate of drug-likeness (QED) is 0.806. The molecule has 0 aromatic carbocycles. The Kier molecular flexibility index (Phi) is 3.68. The minimum atomic E-state index is -0.783. The van der Waals surface area contributed by atoms with Gasteiger partial charge in [-0.2, -0.15) is 4.98 Å². The standard InChI is InChI=1S/C13H20N2O3/c1-3-13(4-2,12(16)17)8-11-14-10(15-18-11)7-9-5-6-9/h9H,3-8H2,1-2H3,(H,16,17). The van der Waals surface area contributed by atoms with Crippen molar-refractivity contribution in [1.29, 1.82) is 0 Å². The first-order valence-corrected chi connectivity index (χ1v) is 6.64. The van der Waals surface area contributed by atoms with Crippen LogP contribution in [0.25, 0.3) is 0 Å². The molecule has 1 N–H and O–H groups in total. The van der Waals surface area contributed by atoms with Crippen molar-refractivity contribution in [2.45, 2.75) is 52.4 Å². The van der Waals surface area contributed by atoms with Gasteiger partial charge in [-0.25, -0.2) is 0 Å². The van der Waals surface area contributed by atoms with Crippen molar-refractivity contribution < 1.29 is 14.4 Å².